The fourth-order valence-electron chi connectivity index (χ4n) is 2.59. The maximum atomic E-state index is 10.1. The van der Waals surface area contributed by atoms with Crippen LogP contribution in [0, 0.1) is 12.8 Å². The number of nitrogens with zero attached hydrogens (tertiary/aromatic N) is 3. The number of aliphatic imine (C=N–C) groups is 1. The number of pyridine rings is 1. The maximum Gasteiger partial charge on any atom is 0.154 e. The van der Waals surface area contributed by atoms with Crippen molar-refractivity contribution in [1.82, 2.24) is 4.98 Å². The molecule has 4 heteroatoms. The van der Waals surface area contributed by atoms with Crippen LogP contribution >= 0.6 is 0 Å². The van der Waals surface area contributed by atoms with Crippen LogP contribution in [0.4, 0.5) is 11.5 Å². The molecule has 1 heterocycles. The zero-order chi connectivity index (χ0) is 16.0. The van der Waals surface area contributed by atoms with E-state index in [-0.39, 0.29) is 6.10 Å². The summed E-state index contributed by atoms with van der Waals surface area (Å²) >= 11 is 0. The third-order valence-corrected chi connectivity index (χ3v) is 3.48. The molecule has 0 fully saturated rings. The molecule has 1 aromatic rings. The zero-order valence-corrected chi connectivity index (χ0v) is 14.1. The highest BCUT2D eigenvalue weighted by Gasteiger charge is 2.15. The lowest BCUT2D eigenvalue weighted by atomic mass is 10.0. The molecular weight excluding hydrogens is 262 g/mol. The van der Waals surface area contributed by atoms with E-state index in [1.54, 1.807) is 0 Å². The Kier molecular flexibility index (Phi) is 6.82. The van der Waals surface area contributed by atoms with Gasteiger partial charge >= 0.3 is 0 Å². The number of aryl methyl sites for hydroxylation is 1. The molecule has 1 rings (SSSR count). The van der Waals surface area contributed by atoms with Crippen LogP contribution in [0.3, 0.4) is 0 Å². The molecule has 118 valence electrons. The van der Waals surface area contributed by atoms with E-state index in [0.29, 0.717) is 12.3 Å². The first-order valence-corrected chi connectivity index (χ1v) is 7.75. The lowest BCUT2D eigenvalue weighted by Gasteiger charge is -2.22. The molecule has 0 amide bonds. The number of anilines is 1. The van der Waals surface area contributed by atoms with E-state index < -0.39 is 0 Å². The third-order valence-electron chi connectivity index (χ3n) is 3.48. The predicted molar refractivity (Wildman–Crippen MR) is 90.9 cm³/mol. The van der Waals surface area contributed by atoms with Gasteiger partial charge in [0, 0.05) is 25.7 Å². The summed E-state index contributed by atoms with van der Waals surface area (Å²) < 4.78 is 0. The van der Waals surface area contributed by atoms with Crippen LogP contribution in [0.15, 0.2) is 11.1 Å². The van der Waals surface area contributed by atoms with Gasteiger partial charge in [-0.1, -0.05) is 20.8 Å². The van der Waals surface area contributed by atoms with Crippen molar-refractivity contribution in [3.05, 3.63) is 17.3 Å². The average molecular weight is 291 g/mol. The fourth-order valence-corrected chi connectivity index (χ4v) is 2.59. The molecule has 0 spiro atoms. The molecule has 0 saturated carbocycles. The van der Waals surface area contributed by atoms with E-state index in [1.165, 1.54) is 0 Å². The van der Waals surface area contributed by atoms with Crippen molar-refractivity contribution in [1.29, 1.82) is 0 Å². The number of aliphatic hydroxyl groups is 1. The minimum atomic E-state index is -0.344. The topological polar surface area (TPSA) is 48.7 Å². The number of rotatable bonds is 8. The van der Waals surface area contributed by atoms with Crippen molar-refractivity contribution >= 4 is 18.2 Å². The van der Waals surface area contributed by atoms with Gasteiger partial charge in [-0.25, -0.2) is 4.98 Å². The number of hydrogen-bond acceptors (Lipinski definition) is 4. The zero-order valence-electron chi connectivity index (χ0n) is 14.1. The first-order chi connectivity index (χ1) is 9.88. The van der Waals surface area contributed by atoms with Crippen molar-refractivity contribution in [2.75, 3.05) is 18.5 Å². The molecule has 0 saturated heterocycles. The van der Waals surface area contributed by atoms with Gasteiger partial charge in [0.15, 0.2) is 5.82 Å². The summed E-state index contributed by atoms with van der Waals surface area (Å²) in [5, 5.41) is 10.1. The molecule has 0 aliphatic heterocycles. The van der Waals surface area contributed by atoms with Gasteiger partial charge < -0.3 is 10.0 Å². The summed E-state index contributed by atoms with van der Waals surface area (Å²) in [6.07, 6.45) is 2.09. The first-order valence-electron chi connectivity index (χ1n) is 7.75. The molecule has 1 N–H and O–H groups in total. The first kappa shape index (κ1) is 17.6. The highest BCUT2D eigenvalue weighted by atomic mass is 16.3. The van der Waals surface area contributed by atoms with Gasteiger partial charge in [-0.3, -0.25) is 4.99 Å². The molecule has 1 aromatic heterocycles. The minimum absolute atomic E-state index is 0.344. The standard InChI is InChI=1S/C17H29N3O/c1-7-8-20(6)17-16(18-5)13(4)10-14(19-17)11-15(21)9-12(2)3/h10,12,15,21H,5,7-9,11H2,1-4,6H3. The summed E-state index contributed by atoms with van der Waals surface area (Å²) in [7, 11) is 2.02. The summed E-state index contributed by atoms with van der Waals surface area (Å²) in [5.41, 5.74) is 2.82. The van der Waals surface area contributed by atoms with Gasteiger partial charge in [0.05, 0.1) is 6.10 Å². The molecule has 0 bridgehead atoms. The van der Waals surface area contributed by atoms with Crippen LogP contribution in [0.5, 0.6) is 0 Å². The third kappa shape index (κ3) is 5.12. The highest BCUT2D eigenvalue weighted by molar-refractivity contribution is 5.68. The van der Waals surface area contributed by atoms with Gasteiger partial charge in [0.1, 0.15) is 5.69 Å². The largest absolute Gasteiger partial charge is 0.393 e. The molecule has 1 unspecified atom stereocenters. The molecule has 0 aliphatic rings. The Bertz CT molecular complexity index is 471. The Labute approximate surface area is 128 Å². The van der Waals surface area contributed by atoms with Gasteiger partial charge in [0.2, 0.25) is 0 Å². The van der Waals surface area contributed by atoms with E-state index in [2.05, 4.69) is 37.4 Å². The number of hydrogen-bond donors (Lipinski definition) is 1. The summed E-state index contributed by atoms with van der Waals surface area (Å²) in [5.74, 6) is 1.34. The lowest BCUT2D eigenvalue weighted by molar-refractivity contribution is 0.148. The molecule has 0 radical (unpaired) electrons. The Morgan fingerprint density at radius 1 is 1.43 bits per heavy atom. The van der Waals surface area contributed by atoms with Crippen LogP contribution in [0.1, 0.15) is 44.9 Å². The quantitative estimate of drug-likeness (QED) is 0.746. The number of aromatic nitrogens is 1. The van der Waals surface area contributed by atoms with Crippen LogP contribution in [0.25, 0.3) is 0 Å². The van der Waals surface area contributed by atoms with E-state index >= 15 is 0 Å². The highest BCUT2D eigenvalue weighted by Crippen LogP contribution is 2.30. The SMILES string of the molecule is C=Nc1c(C)cc(CC(O)CC(C)C)nc1N(C)CCC. The molecule has 0 aromatic carbocycles. The minimum Gasteiger partial charge on any atom is -0.393 e. The molecular formula is C17H29N3O. The normalized spacial score (nSPS) is 12.5. The summed E-state index contributed by atoms with van der Waals surface area (Å²) in [4.78, 5) is 10.9. The summed E-state index contributed by atoms with van der Waals surface area (Å²) in [6, 6.07) is 2.01. The average Bonchev–Trinajstić information content (AvgIpc) is 2.37. The second-order valence-electron chi connectivity index (χ2n) is 6.17. The molecule has 4 nitrogen and oxygen atoms in total. The molecule has 0 aliphatic carbocycles. The smallest absolute Gasteiger partial charge is 0.154 e. The fraction of sp³-hybridized carbons (Fsp3) is 0.647. The predicted octanol–water partition coefficient (Wildman–Crippen LogP) is 3.52. The van der Waals surface area contributed by atoms with Crippen LogP contribution in [0.2, 0.25) is 0 Å². The number of aliphatic hydroxyl groups excluding tert-OH is 1. The second kappa shape index (κ2) is 8.13. The van der Waals surface area contributed by atoms with E-state index in [9.17, 15) is 5.11 Å². The van der Waals surface area contributed by atoms with Gasteiger partial charge in [-0.15, -0.1) is 0 Å². The lowest BCUT2D eigenvalue weighted by Crippen LogP contribution is -2.21. The van der Waals surface area contributed by atoms with E-state index in [1.807, 2.05) is 20.0 Å². The van der Waals surface area contributed by atoms with Crippen LogP contribution < -0.4 is 4.90 Å². The van der Waals surface area contributed by atoms with E-state index in [4.69, 9.17) is 4.98 Å². The second-order valence-corrected chi connectivity index (χ2v) is 6.17. The van der Waals surface area contributed by atoms with Crippen molar-refractivity contribution in [2.24, 2.45) is 10.9 Å². The Morgan fingerprint density at radius 2 is 2.10 bits per heavy atom. The van der Waals surface area contributed by atoms with Crippen molar-refractivity contribution in [2.45, 2.75) is 53.1 Å². The van der Waals surface area contributed by atoms with E-state index in [0.717, 1.165) is 42.1 Å². The molecule has 21 heavy (non-hydrogen) atoms. The monoisotopic (exact) mass is 291 g/mol. The Morgan fingerprint density at radius 3 is 2.62 bits per heavy atom. The van der Waals surface area contributed by atoms with Crippen LogP contribution in [-0.2, 0) is 6.42 Å². The molecule has 1 atom stereocenters. The summed E-state index contributed by atoms with van der Waals surface area (Å²) in [6.45, 7) is 13.0. The van der Waals surface area contributed by atoms with Crippen molar-refractivity contribution in [3.63, 3.8) is 0 Å². The van der Waals surface area contributed by atoms with Crippen LogP contribution in [-0.4, -0.2) is 36.5 Å². The van der Waals surface area contributed by atoms with Gasteiger partial charge in [-0.05, 0) is 44.0 Å². The Hall–Kier alpha value is -1.42. The van der Waals surface area contributed by atoms with Gasteiger partial charge in [0.25, 0.3) is 0 Å². The van der Waals surface area contributed by atoms with Crippen molar-refractivity contribution < 1.29 is 5.11 Å². The Balaban J connectivity index is 3.04. The maximum absolute atomic E-state index is 10.1. The van der Waals surface area contributed by atoms with Crippen molar-refractivity contribution in [3.8, 4) is 0 Å². The van der Waals surface area contributed by atoms with Gasteiger partial charge in [-0.2, -0.15) is 0 Å².